The van der Waals surface area contributed by atoms with Crippen molar-refractivity contribution in [1.82, 2.24) is 10.2 Å². The van der Waals surface area contributed by atoms with Crippen LogP contribution in [0, 0.1) is 5.92 Å². The van der Waals surface area contributed by atoms with Crippen molar-refractivity contribution in [3.8, 4) is 0 Å². The van der Waals surface area contributed by atoms with Crippen LogP contribution < -0.4 is 5.32 Å². The minimum atomic E-state index is 0. The van der Waals surface area contributed by atoms with Gasteiger partial charge in [0, 0.05) is 19.5 Å². The molecule has 0 radical (unpaired) electrons. The van der Waals surface area contributed by atoms with E-state index in [0.717, 1.165) is 13.1 Å². The summed E-state index contributed by atoms with van der Waals surface area (Å²) in [5.74, 6) is 0.974. The SMILES string of the molecule is CNCCC(=O)N(CC1CCC1)C(C)c1ccccc1.Cl. The minimum Gasteiger partial charge on any atom is -0.336 e. The molecular formula is C17H27ClN2O. The fourth-order valence-electron chi connectivity index (χ4n) is 2.72. The van der Waals surface area contributed by atoms with Crippen molar-refractivity contribution >= 4 is 18.3 Å². The maximum atomic E-state index is 12.5. The second kappa shape index (κ2) is 9.06. The molecule has 0 bridgehead atoms. The Kier molecular flexibility index (Phi) is 7.76. The van der Waals surface area contributed by atoms with Gasteiger partial charge in [-0.15, -0.1) is 12.4 Å². The van der Waals surface area contributed by atoms with Crippen molar-refractivity contribution in [2.75, 3.05) is 20.1 Å². The van der Waals surface area contributed by atoms with Gasteiger partial charge in [-0.2, -0.15) is 0 Å². The molecule has 0 aliphatic heterocycles. The second-order valence-corrected chi connectivity index (χ2v) is 5.78. The van der Waals surface area contributed by atoms with Crippen LogP contribution in [0.15, 0.2) is 30.3 Å². The monoisotopic (exact) mass is 310 g/mol. The quantitative estimate of drug-likeness (QED) is 0.837. The van der Waals surface area contributed by atoms with Crippen LogP contribution in [0.4, 0.5) is 0 Å². The third kappa shape index (κ3) is 5.01. The van der Waals surface area contributed by atoms with Crippen molar-refractivity contribution in [3.05, 3.63) is 35.9 Å². The lowest BCUT2D eigenvalue weighted by atomic mass is 9.84. The number of benzene rings is 1. The van der Waals surface area contributed by atoms with Crippen LogP contribution in [0.2, 0.25) is 0 Å². The molecule has 21 heavy (non-hydrogen) atoms. The van der Waals surface area contributed by atoms with E-state index in [1.165, 1.54) is 24.8 Å². The zero-order valence-corrected chi connectivity index (χ0v) is 13.9. The molecule has 1 aliphatic rings. The van der Waals surface area contributed by atoms with Crippen molar-refractivity contribution < 1.29 is 4.79 Å². The molecule has 4 heteroatoms. The van der Waals surface area contributed by atoms with Gasteiger partial charge in [0.2, 0.25) is 5.91 Å². The third-order valence-corrected chi connectivity index (χ3v) is 4.34. The Hall–Kier alpha value is -1.06. The zero-order chi connectivity index (χ0) is 14.4. The van der Waals surface area contributed by atoms with E-state index in [4.69, 9.17) is 0 Å². The minimum absolute atomic E-state index is 0. The number of hydrogen-bond acceptors (Lipinski definition) is 2. The van der Waals surface area contributed by atoms with Gasteiger partial charge in [0.1, 0.15) is 0 Å². The van der Waals surface area contributed by atoms with Crippen LogP contribution in [0.25, 0.3) is 0 Å². The Morgan fingerprint density at radius 1 is 1.33 bits per heavy atom. The summed E-state index contributed by atoms with van der Waals surface area (Å²) in [7, 11) is 1.89. The van der Waals surface area contributed by atoms with E-state index in [9.17, 15) is 4.79 Å². The lowest BCUT2D eigenvalue weighted by Gasteiger charge is -2.36. The molecule has 1 aliphatic carbocycles. The van der Waals surface area contributed by atoms with Gasteiger partial charge >= 0.3 is 0 Å². The fourth-order valence-corrected chi connectivity index (χ4v) is 2.72. The highest BCUT2D eigenvalue weighted by atomic mass is 35.5. The van der Waals surface area contributed by atoms with Crippen molar-refractivity contribution in [2.24, 2.45) is 5.92 Å². The van der Waals surface area contributed by atoms with E-state index in [1.807, 2.05) is 25.2 Å². The summed E-state index contributed by atoms with van der Waals surface area (Å²) in [4.78, 5) is 14.6. The van der Waals surface area contributed by atoms with E-state index >= 15 is 0 Å². The van der Waals surface area contributed by atoms with Gasteiger partial charge in [-0.3, -0.25) is 4.79 Å². The third-order valence-electron chi connectivity index (χ3n) is 4.34. The Morgan fingerprint density at radius 3 is 2.52 bits per heavy atom. The Bertz CT molecular complexity index is 420. The smallest absolute Gasteiger partial charge is 0.224 e. The van der Waals surface area contributed by atoms with E-state index in [1.54, 1.807) is 0 Å². The average Bonchev–Trinajstić information content (AvgIpc) is 2.44. The summed E-state index contributed by atoms with van der Waals surface area (Å²) in [5.41, 5.74) is 1.23. The van der Waals surface area contributed by atoms with Crippen molar-refractivity contribution in [2.45, 2.75) is 38.6 Å². The van der Waals surface area contributed by atoms with Crippen LogP contribution in [-0.4, -0.2) is 30.9 Å². The van der Waals surface area contributed by atoms with Crippen LogP contribution >= 0.6 is 12.4 Å². The molecular weight excluding hydrogens is 284 g/mol. The maximum absolute atomic E-state index is 12.5. The van der Waals surface area contributed by atoms with Crippen LogP contribution in [-0.2, 0) is 4.79 Å². The lowest BCUT2D eigenvalue weighted by molar-refractivity contribution is -0.134. The number of rotatable bonds is 7. The van der Waals surface area contributed by atoms with Gasteiger partial charge in [0.15, 0.2) is 0 Å². The van der Waals surface area contributed by atoms with Crippen molar-refractivity contribution in [1.29, 1.82) is 0 Å². The van der Waals surface area contributed by atoms with Crippen LogP contribution in [0.3, 0.4) is 0 Å². The topological polar surface area (TPSA) is 32.3 Å². The van der Waals surface area contributed by atoms with Crippen LogP contribution in [0.5, 0.6) is 0 Å². The van der Waals surface area contributed by atoms with Crippen molar-refractivity contribution in [3.63, 3.8) is 0 Å². The number of carbonyl (C=O) groups is 1. The van der Waals surface area contributed by atoms with E-state index in [-0.39, 0.29) is 24.4 Å². The summed E-state index contributed by atoms with van der Waals surface area (Å²) in [6, 6.07) is 10.5. The molecule has 1 fully saturated rings. The number of nitrogens with zero attached hydrogens (tertiary/aromatic N) is 1. The highest BCUT2D eigenvalue weighted by molar-refractivity contribution is 5.85. The molecule has 1 aromatic carbocycles. The first kappa shape index (κ1) is 18.0. The van der Waals surface area contributed by atoms with Gasteiger partial charge < -0.3 is 10.2 Å². The first-order valence-electron chi connectivity index (χ1n) is 7.71. The predicted molar refractivity (Wildman–Crippen MR) is 89.7 cm³/mol. The summed E-state index contributed by atoms with van der Waals surface area (Å²) >= 11 is 0. The van der Waals surface area contributed by atoms with E-state index in [0.29, 0.717) is 12.3 Å². The zero-order valence-electron chi connectivity index (χ0n) is 13.0. The van der Waals surface area contributed by atoms with Gasteiger partial charge in [0.25, 0.3) is 0 Å². The molecule has 1 unspecified atom stereocenters. The summed E-state index contributed by atoms with van der Waals surface area (Å²) in [6.45, 7) is 3.81. The highest BCUT2D eigenvalue weighted by Crippen LogP contribution is 2.30. The first-order chi connectivity index (χ1) is 9.72. The van der Waals surface area contributed by atoms with E-state index in [2.05, 4.69) is 29.3 Å². The van der Waals surface area contributed by atoms with E-state index < -0.39 is 0 Å². The Morgan fingerprint density at radius 2 is 2.00 bits per heavy atom. The van der Waals surface area contributed by atoms with Gasteiger partial charge in [0.05, 0.1) is 6.04 Å². The molecule has 0 aromatic heterocycles. The molecule has 1 atom stereocenters. The molecule has 2 rings (SSSR count). The van der Waals surface area contributed by atoms with Gasteiger partial charge in [-0.1, -0.05) is 36.8 Å². The lowest BCUT2D eigenvalue weighted by Crippen LogP contribution is -2.40. The second-order valence-electron chi connectivity index (χ2n) is 5.78. The standard InChI is InChI=1S/C17H26N2O.ClH/c1-14(16-9-4-3-5-10-16)19(13-15-7-6-8-15)17(20)11-12-18-2;/h3-5,9-10,14-15,18H,6-8,11-13H2,1-2H3;1H. The number of carbonyl (C=O) groups excluding carboxylic acids is 1. The molecule has 0 spiro atoms. The Balaban J connectivity index is 0.00000220. The molecule has 0 saturated heterocycles. The normalized spacial score (nSPS) is 15.7. The summed E-state index contributed by atoms with van der Waals surface area (Å²) in [5, 5.41) is 3.07. The molecule has 118 valence electrons. The van der Waals surface area contributed by atoms with Gasteiger partial charge in [-0.25, -0.2) is 0 Å². The molecule has 1 saturated carbocycles. The van der Waals surface area contributed by atoms with Crippen LogP contribution in [0.1, 0.15) is 44.2 Å². The number of halogens is 1. The largest absolute Gasteiger partial charge is 0.336 e. The number of nitrogens with one attached hydrogen (secondary N) is 1. The average molecular weight is 311 g/mol. The summed E-state index contributed by atoms with van der Waals surface area (Å²) < 4.78 is 0. The maximum Gasteiger partial charge on any atom is 0.224 e. The first-order valence-corrected chi connectivity index (χ1v) is 7.71. The molecule has 3 nitrogen and oxygen atoms in total. The molecule has 1 N–H and O–H groups in total. The van der Waals surface area contributed by atoms with Gasteiger partial charge in [-0.05, 0) is 38.3 Å². The molecule has 1 aromatic rings. The predicted octanol–water partition coefficient (Wildman–Crippen LogP) is 3.41. The highest BCUT2D eigenvalue weighted by Gasteiger charge is 2.27. The molecule has 0 heterocycles. The summed E-state index contributed by atoms with van der Waals surface area (Å²) in [6.07, 6.45) is 4.46. The molecule has 1 amide bonds. The fraction of sp³-hybridized carbons (Fsp3) is 0.588. The Labute approximate surface area is 134 Å². The number of amides is 1. The number of hydrogen-bond donors (Lipinski definition) is 1.